The Kier molecular flexibility index (Phi) is 2.82. The van der Waals surface area contributed by atoms with Crippen LogP contribution in [0.3, 0.4) is 0 Å². The van der Waals surface area contributed by atoms with Crippen LogP contribution in [0.4, 0.5) is 0 Å². The third-order valence-electron chi connectivity index (χ3n) is 2.80. The summed E-state index contributed by atoms with van der Waals surface area (Å²) < 4.78 is 0. The van der Waals surface area contributed by atoms with E-state index in [9.17, 15) is 4.79 Å². The molecule has 1 aliphatic carbocycles. The second-order valence-electron chi connectivity index (χ2n) is 4.20. The van der Waals surface area contributed by atoms with Gasteiger partial charge in [-0.25, -0.2) is 0 Å². The van der Waals surface area contributed by atoms with Crippen molar-refractivity contribution < 1.29 is 4.79 Å². The third kappa shape index (κ3) is 2.63. The second kappa shape index (κ2) is 3.91. The zero-order valence-corrected chi connectivity index (χ0v) is 8.90. The van der Waals surface area contributed by atoms with Gasteiger partial charge in [0.2, 0.25) is 5.91 Å². The van der Waals surface area contributed by atoms with E-state index in [1.807, 2.05) is 11.8 Å². The molecule has 2 unspecified atom stereocenters. The third-order valence-corrected chi connectivity index (χ3v) is 4.20. The van der Waals surface area contributed by atoms with Gasteiger partial charge in [0.05, 0.1) is 0 Å². The van der Waals surface area contributed by atoms with Crippen LogP contribution >= 0.6 is 11.8 Å². The van der Waals surface area contributed by atoms with E-state index in [1.54, 1.807) is 0 Å². The topological polar surface area (TPSA) is 29.1 Å². The summed E-state index contributed by atoms with van der Waals surface area (Å²) in [5.41, 5.74) is 0. The molecule has 2 rings (SSSR count). The molecule has 1 N–H and O–H groups in total. The first-order chi connectivity index (χ1) is 6.25. The van der Waals surface area contributed by atoms with E-state index < -0.39 is 0 Å². The molecule has 74 valence electrons. The fourth-order valence-corrected chi connectivity index (χ4v) is 2.77. The van der Waals surface area contributed by atoms with Crippen molar-refractivity contribution in [2.45, 2.75) is 43.9 Å². The Bertz CT molecular complexity index is 195. The van der Waals surface area contributed by atoms with Gasteiger partial charge in [-0.1, -0.05) is 6.92 Å². The normalized spacial score (nSPS) is 34.2. The summed E-state index contributed by atoms with van der Waals surface area (Å²) in [5.74, 6) is 1.78. The number of amides is 1. The lowest BCUT2D eigenvalue weighted by Crippen LogP contribution is -2.40. The van der Waals surface area contributed by atoms with Crippen LogP contribution in [-0.2, 0) is 4.79 Å². The van der Waals surface area contributed by atoms with Crippen molar-refractivity contribution in [2.24, 2.45) is 5.92 Å². The van der Waals surface area contributed by atoms with Gasteiger partial charge in [0.1, 0.15) is 0 Å². The van der Waals surface area contributed by atoms with Crippen molar-refractivity contribution in [3.63, 3.8) is 0 Å². The summed E-state index contributed by atoms with van der Waals surface area (Å²) in [7, 11) is 0. The largest absolute Gasteiger partial charge is 0.352 e. The molecule has 1 aliphatic heterocycles. The molecule has 0 aromatic rings. The molecule has 2 atom stereocenters. The van der Waals surface area contributed by atoms with E-state index in [0.717, 1.165) is 23.8 Å². The van der Waals surface area contributed by atoms with E-state index >= 15 is 0 Å². The summed E-state index contributed by atoms with van der Waals surface area (Å²) in [5, 5.41) is 3.93. The van der Waals surface area contributed by atoms with Crippen molar-refractivity contribution in [2.75, 3.05) is 5.75 Å². The molecule has 0 aromatic heterocycles. The van der Waals surface area contributed by atoms with Crippen LogP contribution in [0, 0.1) is 5.92 Å². The van der Waals surface area contributed by atoms with Gasteiger partial charge in [0.15, 0.2) is 0 Å². The van der Waals surface area contributed by atoms with Gasteiger partial charge in [-0.3, -0.25) is 4.79 Å². The van der Waals surface area contributed by atoms with Gasteiger partial charge in [0, 0.05) is 23.0 Å². The molecule has 1 amide bonds. The first-order valence-corrected chi connectivity index (χ1v) is 6.22. The van der Waals surface area contributed by atoms with Gasteiger partial charge >= 0.3 is 0 Å². The van der Waals surface area contributed by atoms with Crippen LogP contribution in [0.25, 0.3) is 0 Å². The quantitative estimate of drug-likeness (QED) is 0.734. The number of hydrogen-bond donors (Lipinski definition) is 1. The Labute approximate surface area is 83.8 Å². The maximum Gasteiger partial charge on any atom is 0.223 e. The number of nitrogens with one attached hydrogen (secondary N) is 1. The molecule has 2 aliphatic rings. The Morgan fingerprint density at radius 2 is 2.08 bits per heavy atom. The minimum Gasteiger partial charge on any atom is -0.352 e. The highest BCUT2D eigenvalue weighted by Crippen LogP contribution is 2.30. The highest BCUT2D eigenvalue weighted by molar-refractivity contribution is 7.99. The molecule has 2 fully saturated rings. The standard InChI is InChI=1S/C10H17NOS/c1-7-2-5-9(6-13-7)11-10(12)8-3-4-8/h7-9H,2-6H2,1H3,(H,11,12). The fourth-order valence-electron chi connectivity index (χ4n) is 1.66. The van der Waals surface area contributed by atoms with E-state index in [4.69, 9.17) is 0 Å². The Morgan fingerprint density at radius 3 is 2.62 bits per heavy atom. The summed E-state index contributed by atoms with van der Waals surface area (Å²) in [4.78, 5) is 11.4. The number of hydrogen-bond acceptors (Lipinski definition) is 2. The van der Waals surface area contributed by atoms with Crippen LogP contribution in [0.1, 0.15) is 32.6 Å². The molecule has 0 bridgehead atoms. The van der Waals surface area contributed by atoms with E-state index in [0.29, 0.717) is 17.9 Å². The Morgan fingerprint density at radius 1 is 1.31 bits per heavy atom. The molecule has 0 aromatic carbocycles. The van der Waals surface area contributed by atoms with Crippen molar-refractivity contribution in [1.82, 2.24) is 5.32 Å². The minimum absolute atomic E-state index is 0.306. The van der Waals surface area contributed by atoms with Crippen molar-refractivity contribution >= 4 is 17.7 Å². The first kappa shape index (κ1) is 9.38. The zero-order valence-electron chi connectivity index (χ0n) is 8.08. The molecule has 1 heterocycles. The smallest absolute Gasteiger partial charge is 0.223 e. The summed E-state index contributed by atoms with van der Waals surface area (Å²) in [6, 6.07) is 0.453. The van der Waals surface area contributed by atoms with Gasteiger partial charge in [-0.15, -0.1) is 0 Å². The molecular formula is C10H17NOS. The van der Waals surface area contributed by atoms with Crippen LogP contribution in [0.5, 0.6) is 0 Å². The predicted octanol–water partition coefficient (Wildman–Crippen LogP) is 1.80. The molecule has 13 heavy (non-hydrogen) atoms. The van der Waals surface area contributed by atoms with E-state index in [1.165, 1.54) is 12.8 Å². The summed E-state index contributed by atoms with van der Waals surface area (Å²) in [6.07, 6.45) is 4.65. The number of carbonyl (C=O) groups is 1. The van der Waals surface area contributed by atoms with Gasteiger partial charge in [-0.05, 0) is 25.7 Å². The fraction of sp³-hybridized carbons (Fsp3) is 0.900. The minimum atomic E-state index is 0.306. The molecule has 0 radical (unpaired) electrons. The Hall–Kier alpha value is -0.180. The van der Waals surface area contributed by atoms with Gasteiger partial charge < -0.3 is 5.32 Å². The van der Waals surface area contributed by atoms with Crippen molar-refractivity contribution in [3.8, 4) is 0 Å². The SMILES string of the molecule is CC1CCC(NC(=O)C2CC2)CS1. The lowest BCUT2D eigenvalue weighted by molar-refractivity contribution is -0.122. The maximum atomic E-state index is 11.4. The summed E-state index contributed by atoms with van der Waals surface area (Å²) >= 11 is 1.99. The number of thioether (sulfide) groups is 1. The molecule has 2 nitrogen and oxygen atoms in total. The monoisotopic (exact) mass is 199 g/mol. The van der Waals surface area contributed by atoms with Crippen LogP contribution in [0.15, 0.2) is 0 Å². The van der Waals surface area contributed by atoms with Crippen LogP contribution < -0.4 is 5.32 Å². The number of carbonyl (C=O) groups excluding carboxylic acids is 1. The number of rotatable bonds is 2. The van der Waals surface area contributed by atoms with E-state index in [-0.39, 0.29) is 0 Å². The lowest BCUT2D eigenvalue weighted by Gasteiger charge is -2.26. The summed E-state index contributed by atoms with van der Waals surface area (Å²) in [6.45, 7) is 2.27. The average molecular weight is 199 g/mol. The van der Waals surface area contributed by atoms with Gasteiger partial charge in [-0.2, -0.15) is 11.8 Å². The maximum absolute atomic E-state index is 11.4. The highest BCUT2D eigenvalue weighted by Gasteiger charge is 2.31. The Balaban J connectivity index is 1.72. The first-order valence-electron chi connectivity index (χ1n) is 5.17. The van der Waals surface area contributed by atoms with Crippen molar-refractivity contribution in [3.05, 3.63) is 0 Å². The highest BCUT2D eigenvalue weighted by atomic mass is 32.2. The molecule has 3 heteroatoms. The molecule has 0 spiro atoms. The van der Waals surface area contributed by atoms with Gasteiger partial charge in [0.25, 0.3) is 0 Å². The lowest BCUT2D eigenvalue weighted by atomic mass is 10.1. The molecular weight excluding hydrogens is 182 g/mol. The van der Waals surface area contributed by atoms with Crippen LogP contribution in [0.2, 0.25) is 0 Å². The molecule has 1 saturated carbocycles. The zero-order chi connectivity index (χ0) is 9.26. The molecule has 1 saturated heterocycles. The second-order valence-corrected chi connectivity index (χ2v) is 5.67. The van der Waals surface area contributed by atoms with Crippen molar-refractivity contribution in [1.29, 1.82) is 0 Å². The van der Waals surface area contributed by atoms with Crippen LogP contribution in [-0.4, -0.2) is 23.0 Å². The van der Waals surface area contributed by atoms with E-state index in [2.05, 4.69) is 12.2 Å². The predicted molar refractivity (Wildman–Crippen MR) is 55.8 cm³/mol. The average Bonchev–Trinajstić information content (AvgIpc) is 2.91.